The van der Waals surface area contributed by atoms with Crippen LogP contribution in [0.15, 0.2) is 0 Å². The highest BCUT2D eigenvalue weighted by atomic mass is 35.5. The maximum atomic E-state index is 9.29. The van der Waals surface area contributed by atoms with Gasteiger partial charge in [-0.2, -0.15) is 0 Å². The van der Waals surface area contributed by atoms with Crippen LogP contribution in [0.1, 0.15) is 19.3 Å². The molecule has 2 nitrogen and oxygen atoms in total. The lowest BCUT2D eigenvalue weighted by Crippen LogP contribution is -2.40. The van der Waals surface area contributed by atoms with E-state index in [0.717, 1.165) is 31.3 Å². The second kappa shape index (κ2) is 3.74. The predicted octanol–water partition coefficient (Wildman–Crippen LogP) is 0.789. The molecule has 66 valence electrons. The van der Waals surface area contributed by atoms with Crippen LogP contribution in [0.5, 0.6) is 0 Å². The Morgan fingerprint density at radius 3 is 2.36 bits per heavy atom. The molecule has 2 fully saturated rings. The lowest BCUT2D eigenvalue weighted by molar-refractivity contribution is 0.107. The normalized spacial score (nSPS) is 37.9. The van der Waals surface area contributed by atoms with Crippen molar-refractivity contribution in [1.82, 2.24) is 5.32 Å². The summed E-state index contributed by atoms with van der Waals surface area (Å²) in [4.78, 5) is 0. The molecular weight excluding hydrogens is 162 g/mol. The SMILES string of the molecule is Cl.O[C@H]1CNC[C@@H](C2CC2)C1. The highest BCUT2D eigenvalue weighted by molar-refractivity contribution is 5.85. The van der Waals surface area contributed by atoms with Crippen LogP contribution in [0, 0.1) is 11.8 Å². The smallest absolute Gasteiger partial charge is 0.0667 e. The van der Waals surface area contributed by atoms with Gasteiger partial charge in [0, 0.05) is 6.54 Å². The molecule has 0 aromatic rings. The summed E-state index contributed by atoms with van der Waals surface area (Å²) in [7, 11) is 0. The molecular formula is C8H16ClNO. The third-order valence-corrected chi connectivity index (χ3v) is 2.65. The number of aliphatic hydroxyl groups excluding tert-OH is 1. The molecule has 2 atom stereocenters. The van der Waals surface area contributed by atoms with Gasteiger partial charge in [-0.15, -0.1) is 12.4 Å². The van der Waals surface area contributed by atoms with Gasteiger partial charge < -0.3 is 10.4 Å². The van der Waals surface area contributed by atoms with Crippen molar-refractivity contribution in [2.24, 2.45) is 11.8 Å². The minimum atomic E-state index is -0.0700. The average Bonchev–Trinajstić information content (AvgIpc) is 2.68. The first-order chi connectivity index (χ1) is 4.86. The topological polar surface area (TPSA) is 32.3 Å². The molecule has 0 amide bonds. The van der Waals surface area contributed by atoms with E-state index in [1.54, 1.807) is 0 Å². The van der Waals surface area contributed by atoms with Crippen LogP contribution in [0.2, 0.25) is 0 Å². The number of rotatable bonds is 1. The molecule has 1 aliphatic heterocycles. The Morgan fingerprint density at radius 1 is 1.09 bits per heavy atom. The number of hydrogen-bond acceptors (Lipinski definition) is 2. The number of halogens is 1. The van der Waals surface area contributed by atoms with Gasteiger partial charge in [0.05, 0.1) is 6.10 Å². The number of nitrogens with one attached hydrogen (secondary N) is 1. The minimum absolute atomic E-state index is 0. The van der Waals surface area contributed by atoms with Crippen molar-refractivity contribution in [2.75, 3.05) is 13.1 Å². The number of hydrogen-bond donors (Lipinski definition) is 2. The molecule has 2 rings (SSSR count). The summed E-state index contributed by atoms with van der Waals surface area (Å²) >= 11 is 0. The second-order valence-electron chi connectivity index (χ2n) is 3.65. The lowest BCUT2D eigenvalue weighted by atomic mass is 9.93. The van der Waals surface area contributed by atoms with Gasteiger partial charge in [-0.3, -0.25) is 0 Å². The molecule has 1 saturated carbocycles. The predicted molar refractivity (Wildman–Crippen MR) is 47.0 cm³/mol. The third kappa shape index (κ3) is 2.32. The fraction of sp³-hybridized carbons (Fsp3) is 1.00. The van der Waals surface area contributed by atoms with Crippen LogP contribution in [-0.2, 0) is 0 Å². The number of piperidine rings is 1. The molecule has 1 saturated heterocycles. The molecule has 0 radical (unpaired) electrons. The van der Waals surface area contributed by atoms with E-state index in [4.69, 9.17) is 0 Å². The molecule has 0 aromatic carbocycles. The standard InChI is InChI=1S/C8H15NO.ClH/c10-8-3-7(4-9-5-8)6-1-2-6;/h6-10H,1-5H2;1H/t7-,8+;/m0./s1. The van der Waals surface area contributed by atoms with E-state index in [1.807, 2.05) is 0 Å². The Kier molecular flexibility index (Phi) is 3.16. The van der Waals surface area contributed by atoms with Crippen molar-refractivity contribution in [3.8, 4) is 0 Å². The van der Waals surface area contributed by atoms with Crippen molar-refractivity contribution in [3.63, 3.8) is 0 Å². The van der Waals surface area contributed by atoms with Gasteiger partial charge in [0.1, 0.15) is 0 Å². The van der Waals surface area contributed by atoms with Gasteiger partial charge in [0.25, 0.3) is 0 Å². The molecule has 11 heavy (non-hydrogen) atoms. The molecule has 1 aliphatic carbocycles. The zero-order chi connectivity index (χ0) is 6.97. The minimum Gasteiger partial charge on any atom is -0.392 e. The van der Waals surface area contributed by atoms with Crippen molar-refractivity contribution in [3.05, 3.63) is 0 Å². The van der Waals surface area contributed by atoms with Crippen molar-refractivity contribution < 1.29 is 5.11 Å². The average molecular weight is 178 g/mol. The van der Waals surface area contributed by atoms with Gasteiger partial charge in [-0.1, -0.05) is 0 Å². The van der Waals surface area contributed by atoms with E-state index in [1.165, 1.54) is 12.8 Å². The summed E-state index contributed by atoms with van der Waals surface area (Å²) < 4.78 is 0. The van der Waals surface area contributed by atoms with Gasteiger partial charge in [-0.25, -0.2) is 0 Å². The summed E-state index contributed by atoms with van der Waals surface area (Å²) in [5.74, 6) is 1.73. The van der Waals surface area contributed by atoms with Crippen molar-refractivity contribution in [1.29, 1.82) is 0 Å². The van der Waals surface area contributed by atoms with Gasteiger partial charge in [-0.05, 0) is 37.6 Å². The quantitative estimate of drug-likeness (QED) is 0.621. The molecule has 2 aliphatic rings. The molecule has 0 spiro atoms. The Hall–Kier alpha value is 0.210. The van der Waals surface area contributed by atoms with Crippen molar-refractivity contribution in [2.45, 2.75) is 25.4 Å². The highest BCUT2D eigenvalue weighted by Crippen LogP contribution is 2.39. The fourth-order valence-electron chi connectivity index (χ4n) is 1.88. The largest absolute Gasteiger partial charge is 0.392 e. The first-order valence-electron chi connectivity index (χ1n) is 4.25. The fourth-order valence-corrected chi connectivity index (χ4v) is 1.88. The van der Waals surface area contributed by atoms with Gasteiger partial charge in [0.2, 0.25) is 0 Å². The zero-order valence-corrected chi connectivity index (χ0v) is 7.44. The monoisotopic (exact) mass is 177 g/mol. The molecule has 0 bridgehead atoms. The van der Waals surface area contributed by atoms with E-state index < -0.39 is 0 Å². The van der Waals surface area contributed by atoms with Gasteiger partial charge >= 0.3 is 0 Å². The summed E-state index contributed by atoms with van der Waals surface area (Å²) in [6.07, 6.45) is 3.77. The first kappa shape index (κ1) is 9.30. The summed E-state index contributed by atoms with van der Waals surface area (Å²) in [6, 6.07) is 0. The third-order valence-electron chi connectivity index (χ3n) is 2.65. The molecule has 0 aromatic heterocycles. The van der Waals surface area contributed by atoms with E-state index in [9.17, 15) is 5.11 Å². The lowest BCUT2D eigenvalue weighted by Gasteiger charge is -2.26. The first-order valence-corrected chi connectivity index (χ1v) is 4.25. The summed E-state index contributed by atoms with van der Waals surface area (Å²) in [6.45, 7) is 1.95. The Balaban J connectivity index is 0.000000605. The number of β-amino-alcohol motifs (C(OH)–C–C–N with tert-alkyl or cyclic N) is 1. The van der Waals surface area contributed by atoms with Crippen LogP contribution in [0.3, 0.4) is 0 Å². The second-order valence-corrected chi connectivity index (χ2v) is 3.65. The van der Waals surface area contributed by atoms with Crippen LogP contribution in [0.25, 0.3) is 0 Å². The van der Waals surface area contributed by atoms with Crippen molar-refractivity contribution >= 4 is 12.4 Å². The van der Waals surface area contributed by atoms with Gasteiger partial charge in [0.15, 0.2) is 0 Å². The van der Waals surface area contributed by atoms with Crippen LogP contribution in [-0.4, -0.2) is 24.3 Å². The zero-order valence-electron chi connectivity index (χ0n) is 6.62. The van der Waals surface area contributed by atoms with Crippen LogP contribution in [0.4, 0.5) is 0 Å². The summed E-state index contributed by atoms with van der Waals surface area (Å²) in [5, 5.41) is 12.5. The van der Waals surface area contributed by atoms with E-state index in [2.05, 4.69) is 5.32 Å². The van der Waals surface area contributed by atoms with Crippen LogP contribution >= 0.6 is 12.4 Å². The van der Waals surface area contributed by atoms with E-state index >= 15 is 0 Å². The Bertz CT molecular complexity index is 127. The molecule has 0 unspecified atom stereocenters. The van der Waals surface area contributed by atoms with E-state index in [0.29, 0.717) is 0 Å². The maximum Gasteiger partial charge on any atom is 0.0667 e. The molecule has 3 heteroatoms. The Labute approximate surface area is 73.8 Å². The molecule has 2 N–H and O–H groups in total. The Morgan fingerprint density at radius 2 is 1.82 bits per heavy atom. The molecule has 1 heterocycles. The maximum absolute atomic E-state index is 9.29. The highest BCUT2D eigenvalue weighted by Gasteiger charge is 2.33. The number of aliphatic hydroxyl groups is 1. The summed E-state index contributed by atoms with van der Waals surface area (Å²) in [5.41, 5.74) is 0. The van der Waals surface area contributed by atoms with Crippen LogP contribution < -0.4 is 5.32 Å². The van der Waals surface area contributed by atoms with E-state index in [-0.39, 0.29) is 18.5 Å².